The van der Waals surface area contributed by atoms with Gasteiger partial charge in [0.15, 0.2) is 5.75 Å². The monoisotopic (exact) mass is 304 g/mol. The topological polar surface area (TPSA) is 50.8 Å². The molecule has 1 saturated carbocycles. The molecule has 1 amide bonds. The highest BCUT2D eigenvalue weighted by Crippen LogP contribution is 2.55. The van der Waals surface area contributed by atoms with Crippen molar-refractivity contribution in [1.29, 1.82) is 0 Å². The maximum Gasteiger partial charge on any atom is 0.412 e. The third kappa shape index (κ3) is 2.98. The molecule has 0 radical (unpaired) electrons. The van der Waals surface area contributed by atoms with E-state index in [2.05, 4.69) is 10.2 Å². The van der Waals surface area contributed by atoms with Crippen LogP contribution < -0.4 is 15.0 Å². The predicted molar refractivity (Wildman–Crippen MR) is 86.7 cm³/mol. The summed E-state index contributed by atoms with van der Waals surface area (Å²) in [5, 5.41) is 2.78. The van der Waals surface area contributed by atoms with Gasteiger partial charge in [0, 0.05) is 18.5 Å². The molecule has 22 heavy (non-hydrogen) atoms. The highest BCUT2D eigenvalue weighted by atomic mass is 16.6. The van der Waals surface area contributed by atoms with E-state index in [0.717, 1.165) is 18.8 Å². The highest BCUT2D eigenvalue weighted by molar-refractivity contribution is 5.89. The van der Waals surface area contributed by atoms with Gasteiger partial charge in [-0.05, 0) is 45.7 Å². The zero-order valence-corrected chi connectivity index (χ0v) is 13.7. The Labute approximate surface area is 131 Å². The molecule has 5 nitrogen and oxygen atoms in total. The minimum absolute atomic E-state index is 0.467. The molecule has 1 aromatic carbocycles. The van der Waals surface area contributed by atoms with Crippen LogP contribution in [0.4, 0.5) is 16.2 Å². The molecule has 1 spiro atoms. The second-order valence-corrected chi connectivity index (χ2v) is 7.34. The number of anilines is 2. The first-order valence-corrected chi connectivity index (χ1v) is 7.74. The molecule has 1 N–H and O–H groups in total. The number of hydrogen-bond acceptors (Lipinski definition) is 4. The Morgan fingerprint density at radius 1 is 1.27 bits per heavy atom. The van der Waals surface area contributed by atoms with Gasteiger partial charge in [-0.2, -0.15) is 0 Å². The Bertz CT molecular complexity index is 580. The standard InChI is InChI=1S/C17H24N2O3/c1-16(2,3)22-15(20)18-12-6-5-7-13(14(12)21-4)19-10-17(11-19)8-9-17/h5-7H,8-11H2,1-4H3,(H,18,20). The Balaban J connectivity index is 1.75. The van der Waals surface area contributed by atoms with E-state index in [9.17, 15) is 4.79 Å². The molecule has 3 rings (SSSR count). The third-order valence-electron chi connectivity index (χ3n) is 4.18. The first kappa shape index (κ1) is 15.0. The zero-order chi connectivity index (χ0) is 16.0. The van der Waals surface area contributed by atoms with Crippen LogP contribution >= 0.6 is 0 Å². The van der Waals surface area contributed by atoms with Gasteiger partial charge in [-0.3, -0.25) is 5.32 Å². The largest absolute Gasteiger partial charge is 0.492 e. The van der Waals surface area contributed by atoms with Crippen molar-refractivity contribution in [2.45, 2.75) is 39.2 Å². The molecule has 1 aliphatic carbocycles. The Morgan fingerprint density at radius 3 is 2.50 bits per heavy atom. The fraction of sp³-hybridized carbons (Fsp3) is 0.588. The summed E-state index contributed by atoms with van der Waals surface area (Å²) < 4.78 is 10.8. The van der Waals surface area contributed by atoms with E-state index in [1.807, 2.05) is 39.0 Å². The molecule has 1 aliphatic heterocycles. The van der Waals surface area contributed by atoms with E-state index in [4.69, 9.17) is 9.47 Å². The van der Waals surface area contributed by atoms with Gasteiger partial charge < -0.3 is 14.4 Å². The third-order valence-corrected chi connectivity index (χ3v) is 4.18. The van der Waals surface area contributed by atoms with Crippen molar-refractivity contribution in [3.8, 4) is 5.75 Å². The smallest absolute Gasteiger partial charge is 0.412 e. The summed E-state index contributed by atoms with van der Waals surface area (Å²) in [6.07, 6.45) is 2.20. The molecule has 0 aromatic heterocycles. The average Bonchev–Trinajstić information content (AvgIpc) is 3.14. The number of carbonyl (C=O) groups is 1. The van der Waals surface area contributed by atoms with Gasteiger partial charge in [0.1, 0.15) is 5.60 Å². The fourth-order valence-corrected chi connectivity index (χ4v) is 2.93. The number of amides is 1. The van der Waals surface area contributed by atoms with E-state index in [1.165, 1.54) is 12.8 Å². The number of hydrogen-bond donors (Lipinski definition) is 1. The summed E-state index contributed by atoms with van der Waals surface area (Å²) in [4.78, 5) is 14.3. The Kier molecular flexibility index (Phi) is 3.46. The SMILES string of the molecule is COc1c(NC(=O)OC(C)(C)C)cccc1N1CC2(CC2)C1. The number of carbonyl (C=O) groups excluding carboxylic acids is 1. The van der Waals surface area contributed by atoms with Gasteiger partial charge in [0.25, 0.3) is 0 Å². The van der Waals surface area contributed by atoms with Gasteiger partial charge in [0.2, 0.25) is 0 Å². The lowest BCUT2D eigenvalue weighted by Gasteiger charge is -2.42. The van der Waals surface area contributed by atoms with Gasteiger partial charge in [-0.1, -0.05) is 6.07 Å². The summed E-state index contributed by atoms with van der Waals surface area (Å²) in [6.45, 7) is 7.69. The quantitative estimate of drug-likeness (QED) is 0.926. The molecule has 1 saturated heterocycles. The molecule has 0 unspecified atom stereocenters. The van der Waals surface area contributed by atoms with Crippen LogP contribution in [-0.4, -0.2) is 31.9 Å². The number of nitrogens with zero attached hydrogens (tertiary/aromatic N) is 1. The van der Waals surface area contributed by atoms with Gasteiger partial charge in [-0.25, -0.2) is 4.79 Å². The zero-order valence-electron chi connectivity index (χ0n) is 13.7. The molecular weight excluding hydrogens is 280 g/mol. The second kappa shape index (κ2) is 5.07. The Morgan fingerprint density at radius 2 is 1.95 bits per heavy atom. The minimum atomic E-state index is -0.523. The van der Waals surface area contributed by atoms with Crippen molar-refractivity contribution < 1.29 is 14.3 Å². The lowest BCUT2D eigenvalue weighted by Crippen LogP contribution is -2.48. The van der Waals surface area contributed by atoms with Crippen molar-refractivity contribution in [3.63, 3.8) is 0 Å². The summed E-state index contributed by atoms with van der Waals surface area (Å²) in [5.74, 6) is 0.698. The van der Waals surface area contributed by atoms with Crippen LogP contribution in [0, 0.1) is 5.41 Å². The maximum absolute atomic E-state index is 12.0. The van der Waals surface area contributed by atoms with Crippen molar-refractivity contribution in [2.24, 2.45) is 5.41 Å². The van der Waals surface area contributed by atoms with Crippen molar-refractivity contribution in [1.82, 2.24) is 0 Å². The molecular formula is C17H24N2O3. The lowest BCUT2D eigenvalue weighted by atomic mass is 9.95. The summed E-state index contributed by atoms with van der Waals surface area (Å²) in [6, 6.07) is 5.80. The van der Waals surface area contributed by atoms with Crippen LogP contribution in [0.1, 0.15) is 33.6 Å². The summed E-state index contributed by atoms with van der Waals surface area (Å²) in [7, 11) is 1.63. The van der Waals surface area contributed by atoms with Crippen molar-refractivity contribution >= 4 is 17.5 Å². The second-order valence-electron chi connectivity index (χ2n) is 7.34. The number of rotatable bonds is 3. The van der Waals surface area contributed by atoms with Crippen LogP contribution in [-0.2, 0) is 4.74 Å². The molecule has 0 atom stereocenters. The number of para-hydroxylation sites is 1. The first-order valence-electron chi connectivity index (χ1n) is 7.74. The van der Waals surface area contributed by atoms with Crippen LogP contribution in [0.15, 0.2) is 18.2 Å². The van der Waals surface area contributed by atoms with Crippen molar-refractivity contribution in [2.75, 3.05) is 30.4 Å². The molecule has 2 fully saturated rings. The summed E-state index contributed by atoms with van der Waals surface area (Å²) >= 11 is 0. The van der Waals surface area contributed by atoms with E-state index >= 15 is 0 Å². The van der Waals surface area contributed by atoms with Gasteiger partial charge in [-0.15, -0.1) is 0 Å². The molecule has 5 heteroatoms. The van der Waals surface area contributed by atoms with Crippen LogP contribution in [0.3, 0.4) is 0 Å². The Hall–Kier alpha value is -1.91. The molecule has 1 heterocycles. The summed E-state index contributed by atoms with van der Waals surface area (Å²) in [5.41, 5.74) is 1.73. The maximum atomic E-state index is 12.0. The highest BCUT2D eigenvalue weighted by Gasteiger charge is 2.52. The van der Waals surface area contributed by atoms with Crippen LogP contribution in [0.25, 0.3) is 0 Å². The van der Waals surface area contributed by atoms with E-state index in [-0.39, 0.29) is 0 Å². The van der Waals surface area contributed by atoms with E-state index in [0.29, 0.717) is 16.9 Å². The number of ether oxygens (including phenoxy) is 2. The first-order chi connectivity index (χ1) is 10.3. The fourth-order valence-electron chi connectivity index (χ4n) is 2.93. The normalized spacial score (nSPS) is 18.6. The minimum Gasteiger partial charge on any atom is -0.492 e. The molecule has 120 valence electrons. The average molecular weight is 304 g/mol. The number of methoxy groups -OCH3 is 1. The molecule has 0 bridgehead atoms. The molecule has 1 aromatic rings. The van der Waals surface area contributed by atoms with Crippen LogP contribution in [0.5, 0.6) is 5.75 Å². The van der Waals surface area contributed by atoms with Crippen molar-refractivity contribution in [3.05, 3.63) is 18.2 Å². The van der Waals surface area contributed by atoms with E-state index in [1.54, 1.807) is 7.11 Å². The lowest BCUT2D eigenvalue weighted by molar-refractivity contribution is 0.0635. The predicted octanol–water partition coefficient (Wildman–Crippen LogP) is 3.64. The van der Waals surface area contributed by atoms with E-state index < -0.39 is 11.7 Å². The van der Waals surface area contributed by atoms with Gasteiger partial charge >= 0.3 is 6.09 Å². The van der Waals surface area contributed by atoms with Gasteiger partial charge in [0.05, 0.1) is 18.5 Å². The molecule has 2 aliphatic rings. The number of nitrogens with one attached hydrogen (secondary N) is 1. The van der Waals surface area contributed by atoms with Crippen LogP contribution in [0.2, 0.25) is 0 Å². The number of benzene rings is 1.